The van der Waals surface area contributed by atoms with Gasteiger partial charge in [0.2, 0.25) is 11.8 Å². The van der Waals surface area contributed by atoms with Crippen LogP contribution in [-0.4, -0.2) is 29.4 Å². The summed E-state index contributed by atoms with van der Waals surface area (Å²) in [6, 6.07) is 9.85. The van der Waals surface area contributed by atoms with Crippen molar-refractivity contribution >= 4 is 69.3 Å². The molecule has 1 heterocycles. The summed E-state index contributed by atoms with van der Waals surface area (Å²) in [5.41, 5.74) is 2.30. The molecule has 2 aromatic carbocycles. The number of carbonyl (C=O) groups is 3. The van der Waals surface area contributed by atoms with Crippen molar-refractivity contribution in [3.63, 3.8) is 0 Å². The number of nitrogens with one attached hydrogen (secondary N) is 3. The van der Waals surface area contributed by atoms with Crippen LogP contribution in [0.5, 0.6) is 0 Å². The van der Waals surface area contributed by atoms with E-state index in [0.717, 1.165) is 0 Å². The maximum atomic E-state index is 12.4. The fourth-order valence-electron chi connectivity index (χ4n) is 2.99. The summed E-state index contributed by atoms with van der Waals surface area (Å²) in [5.74, 6) is -1.17. The minimum Gasteiger partial charge on any atom is -0.461 e. The monoisotopic (exact) mass is 459 g/mol. The van der Waals surface area contributed by atoms with Gasteiger partial charge in [-0.25, -0.2) is 4.79 Å². The van der Waals surface area contributed by atoms with Crippen molar-refractivity contribution in [1.29, 1.82) is 0 Å². The lowest BCUT2D eigenvalue weighted by molar-refractivity contribution is -0.114. The third kappa shape index (κ3) is 5.45. The largest absolute Gasteiger partial charge is 0.461 e. The van der Waals surface area contributed by atoms with Gasteiger partial charge in [-0.2, -0.15) is 0 Å². The smallest absolute Gasteiger partial charge is 0.355 e. The SMILES string of the molecule is CCOC(=O)c1[nH]c2cc(Cl)cc(Cl)c2c1/C=C/C(=O)Nc1ccc(NC(C)=O)cc1. The van der Waals surface area contributed by atoms with E-state index >= 15 is 0 Å². The van der Waals surface area contributed by atoms with Crippen LogP contribution in [0.2, 0.25) is 10.0 Å². The van der Waals surface area contributed by atoms with Crippen LogP contribution in [0, 0.1) is 0 Å². The molecule has 0 fully saturated rings. The molecule has 3 rings (SSSR count). The molecule has 9 heteroatoms. The van der Waals surface area contributed by atoms with Gasteiger partial charge in [-0.15, -0.1) is 0 Å². The van der Waals surface area contributed by atoms with E-state index < -0.39 is 11.9 Å². The number of halogens is 2. The Hall–Kier alpha value is -3.29. The molecular weight excluding hydrogens is 441 g/mol. The molecule has 0 spiro atoms. The van der Waals surface area contributed by atoms with E-state index in [1.807, 2.05) is 0 Å². The molecular formula is C22H19Cl2N3O4. The Morgan fingerprint density at radius 2 is 1.71 bits per heavy atom. The third-order valence-electron chi connectivity index (χ3n) is 4.21. The van der Waals surface area contributed by atoms with E-state index in [2.05, 4.69) is 15.6 Å². The average Bonchev–Trinajstić information content (AvgIpc) is 3.06. The van der Waals surface area contributed by atoms with Crippen molar-refractivity contribution in [3.8, 4) is 0 Å². The van der Waals surface area contributed by atoms with Crippen molar-refractivity contribution in [1.82, 2.24) is 4.98 Å². The van der Waals surface area contributed by atoms with Gasteiger partial charge in [0.25, 0.3) is 0 Å². The van der Waals surface area contributed by atoms with Gasteiger partial charge in [-0.1, -0.05) is 23.2 Å². The van der Waals surface area contributed by atoms with E-state index in [4.69, 9.17) is 27.9 Å². The highest BCUT2D eigenvalue weighted by Gasteiger charge is 2.20. The van der Waals surface area contributed by atoms with Crippen LogP contribution in [-0.2, 0) is 14.3 Å². The Morgan fingerprint density at radius 1 is 1.06 bits per heavy atom. The second-order valence-electron chi connectivity index (χ2n) is 6.53. The van der Waals surface area contributed by atoms with Crippen LogP contribution >= 0.6 is 23.2 Å². The van der Waals surface area contributed by atoms with Crippen molar-refractivity contribution in [2.45, 2.75) is 13.8 Å². The number of hydrogen-bond donors (Lipinski definition) is 3. The predicted molar refractivity (Wildman–Crippen MR) is 123 cm³/mol. The van der Waals surface area contributed by atoms with E-state index in [9.17, 15) is 14.4 Å². The summed E-state index contributed by atoms with van der Waals surface area (Å²) in [6.45, 7) is 3.31. The average molecular weight is 460 g/mol. The fraction of sp³-hybridized carbons (Fsp3) is 0.136. The minimum atomic E-state index is -0.570. The number of aromatic amines is 1. The second kappa shape index (κ2) is 9.68. The van der Waals surface area contributed by atoms with E-state index in [1.165, 1.54) is 19.1 Å². The van der Waals surface area contributed by atoms with Crippen LogP contribution in [0.25, 0.3) is 17.0 Å². The summed E-state index contributed by atoms with van der Waals surface area (Å²) in [5, 5.41) is 6.66. The van der Waals surface area contributed by atoms with Gasteiger partial charge in [0.1, 0.15) is 5.69 Å². The summed E-state index contributed by atoms with van der Waals surface area (Å²) < 4.78 is 5.10. The number of ether oxygens (including phenoxy) is 1. The zero-order valence-corrected chi connectivity index (χ0v) is 18.2. The van der Waals surface area contributed by atoms with Crippen molar-refractivity contribution in [2.24, 2.45) is 0 Å². The van der Waals surface area contributed by atoms with Crippen LogP contribution < -0.4 is 10.6 Å². The lowest BCUT2D eigenvalue weighted by Gasteiger charge is -2.05. The maximum Gasteiger partial charge on any atom is 0.355 e. The maximum absolute atomic E-state index is 12.4. The summed E-state index contributed by atoms with van der Waals surface area (Å²) in [7, 11) is 0. The van der Waals surface area contributed by atoms with Crippen molar-refractivity contribution in [3.05, 3.63) is 63.8 Å². The number of amides is 2. The molecule has 0 saturated heterocycles. The number of H-pyrrole nitrogens is 1. The second-order valence-corrected chi connectivity index (χ2v) is 7.37. The lowest BCUT2D eigenvalue weighted by Crippen LogP contribution is -2.09. The van der Waals surface area contributed by atoms with Crippen molar-refractivity contribution < 1.29 is 19.1 Å². The van der Waals surface area contributed by atoms with E-state index in [-0.39, 0.29) is 18.2 Å². The van der Waals surface area contributed by atoms with Gasteiger partial charge in [-0.05, 0) is 49.4 Å². The molecule has 0 unspecified atom stereocenters. The van der Waals surface area contributed by atoms with Crippen LogP contribution in [0.1, 0.15) is 29.9 Å². The molecule has 0 radical (unpaired) electrons. The topological polar surface area (TPSA) is 100 Å². The molecule has 160 valence electrons. The summed E-state index contributed by atoms with van der Waals surface area (Å²) in [4.78, 5) is 38.8. The van der Waals surface area contributed by atoms with E-state index in [1.54, 1.807) is 43.3 Å². The van der Waals surface area contributed by atoms with Crippen LogP contribution in [0.15, 0.2) is 42.5 Å². The van der Waals surface area contributed by atoms with Gasteiger partial charge in [-0.3, -0.25) is 9.59 Å². The first-order valence-electron chi connectivity index (χ1n) is 9.33. The number of hydrogen-bond acceptors (Lipinski definition) is 4. The van der Waals surface area contributed by atoms with Crippen molar-refractivity contribution in [2.75, 3.05) is 17.2 Å². The predicted octanol–water partition coefficient (Wildman–Crippen LogP) is 5.26. The highest BCUT2D eigenvalue weighted by molar-refractivity contribution is 6.39. The molecule has 7 nitrogen and oxygen atoms in total. The Bertz CT molecular complexity index is 1180. The molecule has 0 bridgehead atoms. The number of rotatable bonds is 6. The minimum absolute atomic E-state index is 0.171. The number of aromatic nitrogens is 1. The Kier molecular flexibility index (Phi) is 6.99. The first-order valence-corrected chi connectivity index (χ1v) is 10.1. The Balaban J connectivity index is 1.87. The number of fused-ring (bicyclic) bond motifs is 1. The lowest BCUT2D eigenvalue weighted by atomic mass is 10.1. The Labute approximate surface area is 188 Å². The van der Waals surface area contributed by atoms with Gasteiger partial charge in [0, 0.05) is 45.9 Å². The number of anilines is 2. The molecule has 3 aromatic rings. The highest BCUT2D eigenvalue weighted by atomic mass is 35.5. The van der Waals surface area contributed by atoms with Gasteiger partial charge >= 0.3 is 5.97 Å². The van der Waals surface area contributed by atoms with Crippen LogP contribution in [0.4, 0.5) is 11.4 Å². The molecule has 0 aliphatic rings. The van der Waals surface area contributed by atoms with Gasteiger partial charge in [0.15, 0.2) is 0 Å². The number of benzene rings is 2. The zero-order valence-electron chi connectivity index (χ0n) is 16.7. The molecule has 0 saturated carbocycles. The first-order chi connectivity index (χ1) is 14.8. The zero-order chi connectivity index (χ0) is 22.5. The number of esters is 1. The third-order valence-corrected chi connectivity index (χ3v) is 4.72. The number of carbonyl (C=O) groups excluding carboxylic acids is 3. The summed E-state index contributed by atoms with van der Waals surface area (Å²) in [6.07, 6.45) is 2.78. The molecule has 1 aromatic heterocycles. The molecule has 2 amide bonds. The normalized spacial score (nSPS) is 11.0. The first kappa shape index (κ1) is 22.4. The summed E-state index contributed by atoms with van der Waals surface area (Å²) >= 11 is 12.4. The molecule has 0 atom stereocenters. The molecule has 3 N–H and O–H groups in total. The fourth-order valence-corrected chi connectivity index (χ4v) is 3.58. The standard InChI is InChI=1S/C22H19Cl2N3O4/c1-3-31-22(30)21-16(20-17(24)10-13(23)11-18(20)27-21)8-9-19(29)26-15-6-4-14(5-7-15)25-12(2)28/h4-11,27H,3H2,1-2H3,(H,25,28)(H,26,29)/b9-8+. The van der Waals surface area contributed by atoms with Gasteiger partial charge < -0.3 is 20.4 Å². The molecule has 0 aliphatic carbocycles. The van der Waals surface area contributed by atoms with Gasteiger partial charge in [0.05, 0.1) is 11.6 Å². The highest BCUT2D eigenvalue weighted by Crippen LogP contribution is 2.33. The quantitative estimate of drug-likeness (QED) is 0.345. The van der Waals surface area contributed by atoms with E-state index in [0.29, 0.717) is 37.9 Å². The van der Waals surface area contributed by atoms with Crippen LogP contribution in [0.3, 0.4) is 0 Å². The molecule has 0 aliphatic heterocycles. The Morgan fingerprint density at radius 3 is 2.32 bits per heavy atom. The molecule has 31 heavy (non-hydrogen) atoms.